The first-order chi connectivity index (χ1) is 12.7. The summed E-state index contributed by atoms with van der Waals surface area (Å²) in [5.74, 6) is 0.236. The fourth-order valence-electron chi connectivity index (χ4n) is 3.21. The lowest BCUT2D eigenvalue weighted by atomic mass is 10.1. The van der Waals surface area contributed by atoms with Crippen molar-refractivity contribution in [1.82, 2.24) is 9.55 Å². The molecule has 130 valence electrons. The lowest BCUT2D eigenvalue weighted by Crippen LogP contribution is -2.07. The number of esters is 1. The lowest BCUT2D eigenvalue weighted by Gasteiger charge is -2.11. The maximum absolute atomic E-state index is 12.3. The van der Waals surface area contributed by atoms with E-state index in [0.717, 1.165) is 27.5 Å². The standard InChI is InChI=1S/C21H18N2O3/c1-25-17-11-15-9-10-23(20(15)18(12-17)21(24)26-2)13-16-8-7-14-5-3-4-6-19(14)22-16/h3-12H,13H2,1-2H3. The van der Waals surface area contributed by atoms with Crippen LogP contribution < -0.4 is 4.74 Å². The van der Waals surface area contributed by atoms with Crippen LogP contribution >= 0.6 is 0 Å². The number of carbonyl (C=O) groups excluding carboxylic acids is 1. The molecule has 5 heteroatoms. The fourth-order valence-corrected chi connectivity index (χ4v) is 3.21. The van der Waals surface area contributed by atoms with Crippen molar-refractivity contribution in [2.45, 2.75) is 6.54 Å². The molecule has 0 unspecified atom stereocenters. The molecule has 4 aromatic rings. The van der Waals surface area contributed by atoms with Gasteiger partial charge in [0.05, 0.1) is 43.1 Å². The number of pyridine rings is 1. The van der Waals surface area contributed by atoms with Gasteiger partial charge >= 0.3 is 5.97 Å². The molecule has 26 heavy (non-hydrogen) atoms. The van der Waals surface area contributed by atoms with Crippen molar-refractivity contribution in [3.63, 3.8) is 0 Å². The summed E-state index contributed by atoms with van der Waals surface area (Å²) in [7, 11) is 2.96. The van der Waals surface area contributed by atoms with Crippen LogP contribution in [-0.2, 0) is 11.3 Å². The van der Waals surface area contributed by atoms with Crippen LogP contribution in [0.5, 0.6) is 5.75 Å². The number of ether oxygens (including phenoxy) is 2. The molecule has 0 atom stereocenters. The van der Waals surface area contributed by atoms with Gasteiger partial charge in [-0.1, -0.05) is 24.3 Å². The molecular weight excluding hydrogens is 328 g/mol. The van der Waals surface area contributed by atoms with E-state index in [2.05, 4.69) is 6.07 Å². The summed E-state index contributed by atoms with van der Waals surface area (Å²) in [6.07, 6.45) is 1.95. The predicted octanol–water partition coefficient (Wildman–Crippen LogP) is 4.03. The third-order valence-electron chi connectivity index (χ3n) is 4.46. The maximum Gasteiger partial charge on any atom is 0.340 e. The van der Waals surface area contributed by atoms with Crippen LogP contribution in [0.1, 0.15) is 16.1 Å². The van der Waals surface area contributed by atoms with Crippen molar-refractivity contribution in [1.29, 1.82) is 0 Å². The summed E-state index contributed by atoms with van der Waals surface area (Å²) in [6, 6.07) is 17.7. The van der Waals surface area contributed by atoms with E-state index < -0.39 is 0 Å². The topological polar surface area (TPSA) is 53.4 Å². The SMILES string of the molecule is COC(=O)c1cc(OC)cc2ccn(Cc3ccc4ccccc4n3)c12. The number of methoxy groups -OCH3 is 2. The second kappa shape index (κ2) is 6.52. The average molecular weight is 346 g/mol. The Bertz CT molecular complexity index is 1110. The summed E-state index contributed by atoms with van der Waals surface area (Å²) in [5, 5.41) is 2.03. The second-order valence-electron chi connectivity index (χ2n) is 6.04. The van der Waals surface area contributed by atoms with Crippen molar-refractivity contribution in [3.8, 4) is 5.75 Å². The van der Waals surface area contributed by atoms with Crippen LogP contribution in [0.4, 0.5) is 0 Å². The van der Waals surface area contributed by atoms with Crippen LogP contribution in [-0.4, -0.2) is 29.7 Å². The number of rotatable bonds is 4. The number of hydrogen-bond acceptors (Lipinski definition) is 4. The van der Waals surface area contributed by atoms with E-state index in [1.807, 2.05) is 53.2 Å². The van der Waals surface area contributed by atoms with Crippen molar-refractivity contribution >= 4 is 27.8 Å². The molecule has 2 aromatic heterocycles. The summed E-state index contributed by atoms with van der Waals surface area (Å²) < 4.78 is 12.3. The molecule has 0 aliphatic rings. The molecule has 0 radical (unpaired) electrons. The molecule has 0 N–H and O–H groups in total. The summed E-state index contributed by atoms with van der Waals surface area (Å²) in [5.41, 5.74) is 3.17. The number of carbonyl (C=O) groups is 1. The van der Waals surface area contributed by atoms with E-state index in [-0.39, 0.29) is 5.97 Å². The molecule has 0 bridgehead atoms. The zero-order valence-electron chi connectivity index (χ0n) is 14.6. The van der Waals surface area contributed by atoms with Crippen LogP contribution in [0.3, 0.4) is 0 Å². The van der Waals surface area contributed by atoms with E-state index in [0.29, 0.717) is 17.9 Å². The highest BCUT2D eigenvalue weighted by molar-refractivity contribution is 6.04. The quantitative estimate of drug-likeness (QED) is 0.524. The normalized spacial score (nSPS) is 11.0. The maximum atomic E-state index is 12.3. The number of para-hydroxylation sites is 1. The number of benzene rings is 2. The molecule has 0 aliphatic heterocycles. The highest BCUT2D eigenvalue weighted by Crippen LogP contribution is 2.28. The molecule has 0 fully saturated rings. The lowest BCUT2D eigenvalue weighted by molar-refractivity contribution is 0.0602. The van der Waals surface area contributed by atoms with Gasteiger partial charge in [-0.15, -0.1) is 0 Å². The van der Waals surface area contributed by atoms with Crippen LogP contribution in [0.2, 0.25) is 0 Å². The largest absolute Gasteiger partial charge is 0.497 e. The Morgan fingerprint density at radius 1 is 1.04 bits per heavy atom. The van der Waals surface area contributed by atoms with Crippen molar-refractivity contribution in [2.24, 2.45) is 0 Å². The second-order valence-corrected chi connectivity index (χ2v) is 6.04. The minimum atomic E-state index is -0.389. The van der Waals surface area contributed by atoms with Crippen molar-refractivity contribution in [2.75, 3.05) is 14.2 Å². The third kappa shape index (κ3) is 2.77. The molecule has 0 spiro atoms. The molecule has 2 aromatic carbocycles. The van der Waals surface area contributed by atoms with Gasteiger partial charge in [-0.3, -0.25) is 4.98 Å². The van der Waals surface area contributed by atoms with Gasteiger partial charge in [-0.05, 0) is 30.3 Å². The number of nitrogens with zero attached hydrogens (tertiary/aromatic N) is 2. The van der Waals surface area contributed by atoms with Gasteiger partial charge in [-0.25, -0.2) is 4.79 Å². The third-order valence-corrected chi connectivity index (χ3v) is 4.46. The van der Waals surface area contributed by atoms with Gasteiger partial charge < -0.3 is 14.0 Å². The van der Waals surface area contributed by atoms with Gasteiger partial charge in [0, 0.05) is 17.0 Å². The Kier molecular flexibility index (Phi) is 4.05. The van der Waals surface area contributed by atoms with Crippen LogP contribution in [0, 0.1) is 0 Å². The Hall–Kier alpha value is -3.34. The van der Waals surface area contributed by atoms with Gasteiger partial charge in [-0.2, -0.15) is 0 Å². The Labute approximate surface area is 150 Å². The van der Waals surface area contributed by atoms with Crippen LogP contribution in [0.15, 0.2) is 60.8 Å². The van der Waals surface area contributed by atoms with Crippen molar-refractivity contribution < 1.29 is 14.3 Å². The van der Waals surface area contributed by atoms with Gasteiger partial charge in [0.15, 0.2) is 0 Å². The number of aromatic nitrogens is 2. The van der Waals surface area contributed by atoms with Crippen molar-refractivity contribution in [3.05, 3.63) is 72.1 Å². The Balaban J connectivity index is 1.81. The number of hydrogen-bond donors (Lipinski definition) is 0. The smallest absolute Gasteiger partial charge is 0.340 e. The highest BCUT2D eigenvalue weighted by atomic mass is 16.5. The van der Waals surface area contributed by atoms with Crippen LogP contribution in [0.25, 0.3) is 21.8 Å². The fraction of sp³-hybridized carbons (Fsp3) is 0.143. The molecule has 5 nitrogen and oxygen atoms in total. The Morgan fingerprint density at radius 2 is 1.88 bits per heavy atom. The first-order valence-electron chi connectivity index (χ1n) is 8.29. The predicted molar refractivity (Wildman–Crippen MR) is 101 cm³/mol. The summed E-state index contributed by atoms with van der Waals surface area (Å²) >= 11 is 0. The molecule has 0 saturated heterocycles. The van der Waals surface area contributed by atoms with E-state index in [4.69, 9.17) is 14.5 Å². The highest BCUT2D eigenvalue weighted by Gasteiger charge is 2.16. The average Bonchev–Trinajstić information content (AvgIpc) is 3.09. The first-order valence-corrected chi connectivity index (χ1v) is 8.29. The summed E-state index contributed by atoms with van der Waals surface area (Å²) in [6.45, 7) is 0.560. The van der Waals surface area contributed by atoms with Gasteiger partial charge in [0.1, 0.15) is 5.75 Å². The monoisotopic (exact) mass is 346 g/mol. The minimum absolute atomic E-state index is 0.389. The number of fused-ring (bicyclic) bond motifs is 2. The minimum Gasteiger partial charge on any atom is -0.497 e. The van der Waals surface area contributed by atoms with E-state index in [1.165, 1.54) is 7.11 Å². The molecular formula is C21H18N2O3. The molecule has 4 rings (SSSR count). The zero-order valence-corrected chi connectivity index (χ0v) is 14.6. The molecule has 0 saturated carbocycles. The van der Waals surface area contributed by atoms with E-state index >= 15 is 0 Å². The summed E-state index contributed by atoms with van der Waals surface area (Å²) in [4.78, 5) is 17.0. The molecule has 0 amide bonds. The Morgan fingerprint density at radius 3 is 2.69 bits per heavy atom. The van der Waals surface area contributed by atoms with E-state index in [9.17, 15) is 4.79 Å². The zero-order chi connectivity index (χ0) is 18.1. The molecule has 0 aliphatic carbocycles. The van der Waals surface area contributed by atoms with Gasteiger partial charge in [0.2, 0.25) is 0 Å². The first kappa shape index (κ1) is 16.1. The molecule has 2 heterocycles. The van der Waals surface area contributed by atoms with E-state index in [1.54, 1.807) is 13.2 Å². The van der Waals surface area contributed by atoms with Gasteiger partial charge in [0.25, 0.3) is 0 Å².